The van der Waals surface area contributed by atoms with Crippen molar-refractivity contribution in [3.8, 4) is 0 Å². The molecule has 0 N–H and O–H groups in total. The van der Waals surface area contributed by atoms with E-state index in [2.05, 4.69) is 4.18 Å². The van der Waals surface area contributed by atoms with E-state index in [1.54, 1.807) is 7.11 Å². The summed E-state index contributed by atoms with van der Waals surface area (Å²) in [6, 6.07) is 0. The van der Waals surface area contributed by atoms with Crippen molar-refractivity contribution in [2.75, 3.05) is 20.0 Å². The molecule has 0 aromatic rings. The van der Waals surface area contributed by atoms with Gasteiger partial charge in [0, 0.05) is 7.11 Å². The first kappa shape index (κ1) is 16.8. The minimum absolute atomic E-state index is 0.00456. The van der Waals surface area contributed by atoms with Gasteiger partial charge in [-0.15, -0.1) is 0 Å². The molecule has 104 valence electrons. The number of methoxy groups -OCH3 is 1. The van der Waals surface area contributed by atoms with Crippen LogP contribution in [0.3, 0.4) is 0 Å². The third-order valence-electron chi connectivity index (χ3n) is 2.52. The third-order valence-corrected chi connectivity index (χ3v) is 3.76. The molecule has 2 unspecified atom stereocenters. The number of rotatable bonds is 5. The molecule has 0 bridgehead atoms. The molecule has 0 radical (unpaired) electrons. The summed E-state index contributed by atoms with van der Waals surface area (Å²) < 4.78 is 37.1. The summed E-state index contributed by atoms with van der Waals surface area (Å²) in [6.45, 7) is 4.00. The first-order valence-electron chi connectivity index (χ1n) is 6.04. The zero-order valence-electron chi connectivity index (χ0n) is 11.1. The molecule has 0 saturated carbocycles. The third kappa shape index (κ3) is 6.98. The normalized spacial score (nSPS) is 24.9. The highest BCUT2D eigenvalue weighted by Crippen LogP contribution is 2.21. The van der Waals surface area contributed by atoms with Crippen molar-refractivity contribution in [1.82, 2.24) is 0 Å². The van der Waals surface area contributed by atoms with Gasteiger partial charge in [-0.25, -0.2) is 0 Å². The predicted octanol–water partition coefficient (Wildman–Crippen LogP) is 1.92. The average molecular weight is 268 g/mol. The Bertz CT molecular complexity index is 276. The lowest BCUT2D eigenvalue weighted by molar-refractivity contribution is -0.179. The molecule has 2 atom stereocenters. The lowest BCUT2D eigenvalue weighted by Gasteiger charge is -2.28. The summed E-state index contributed by atoms with van der Waals surface area (Å²) in [5, 5.41) is 0. The lowest BCUT2D eigenvalue weighted by atomic mass is 10.1. The molecule has 0 aromatic carbocycles. The Hall–Kier alpha value is -0.170. The smallest absolute Gasteiger partial charge is 0.267 e. The van der Waals surface area contributed by atoms with Gasteiger partial charge in [-0.2, -0.15) is 8.42 Å². The van der Waals surface area contributed by atoms with E-state index >= 15 is 0 Å². The van der Waals surface area contributed by atoms with Gasteiger partial charge in [-0.1, -0.05) is 13.8 Å². The van der Waals surface area contributed by atoms with Crippen LogP contribution in [0, 0.1) is 0 Å². The van der Waals surface area contributed by atoms with Crippen molar-refractivity contribution in [3.05, 3.63) is 0 Å². The molecule has 0 aromatic heterocycles. The predicted molar refractivity (Wildman–Crippen MR) is 66.3 cm³/mol. The van der Waals surface area contributed by atoms with Crippen LogP contribution >= 0.6 is 0 Å². The fraction of sp³-hybridized carbons (Fsp3) is 1.00. The van der Waals surface area contributed by atoms with Crippen LogP contribution in [0.15, 0.2) is 0 Å². The topological polar surface area (TPSA) is 61.8 Å². The van der Waals surface area contributed by atoms with E-state index in [0.717, 1.165) is 19.3 Å². The molecule has 1 aliphatic heterocycles. The molecule has 1 rings (SSSR count). The Morgan fingerprint density at radius 3 is 2.41 bits per heavy atom. The van der Waals surface area contributed by atoms with Crippen LogP contribution < -0.4 is 0 Å². The van der Waals surface area contributed by atoms with Crippen LogP contribution in [0.5, 0.6) is 0 Å². The molecule has 1 aliphatic rings. The van der Waals surface area contributed by atoms with Crippen LogP contribution in [0.4, 0.5) is 0 Å². The molecule has 5 nitrogen and oxygen atoms in total. The van der Waals surface area contributed by atoms with Crippen LogP contribution in [0.25, 0.3) is 0 Å². The van der Waals surface area contributed by atoms with Crippen molar-refractivity contribution >= 4 is 10.1 Å². The fourth-order valence-corrected chi connectivity index (χ4v) is 2.33. The van der Waals surface area contributed by atoms with Crippen LogP contribution in [0.1, 0.15) is 39.5 Å². The van der Waals surface area contributed by atoms with Gasteiger partial charge in [0.15, 0.2) is 6.29 Å². The van der Waals surface area contributed by atoms with E-state index in [0.29, 0.717) is 6.42 Å². The summed E-state index contributed by atoms with van der Waals surface area (Å²) in [4.78, 5) is 0. The lowest BCUT2D eigenvalue weighted by Crippen LogP contribution is -2.30. The van der Waals surface area contributed by atoms with Crippen molar-refractivity contribution in [2.45, 2.75) is 51.9 Å². The van der Waals surface area contributed by atoms with Gasteiger partial charge in [-0.3, -0.25) is 4.18 Å². The van der Waals surface area contributed by atoms with Crippen molar-refractivity contribution in [3.63, 3.8) is 0 Å². The Labute approximate surface area is 105 Å². The standard InChI is InChI=1S/C9H18O5S.C2H6/c1-12-9-5-3-4-8(14-9)6-7-15(10,11)13-2;1-2/h8-9H,3-7H2,1-2H3;1-2H3. The molecule has 0 aliphatic carbocycles. The van der Waals surface area contributed by atoms with E-state index in [-0.39, 0.29) is 18.1 Å². The van der Waals surface area contributed by atoms with Gasteiger partial charge in [0.2, 0.25) is 0 Å². The zero-order valence-corrected chi connectivity index (χ0v) is 12.0. The Morgan fingerprint density at radius 2 is 1.88 bits per heavy atom. The van der Waals surface area contributed by atoms with Gasteiger partial charge in [0.05, 0.1) is 19.0 Å². The highest BCUT2D eigenvalue weighted by molar-refractivity contribution is 7.86. The van der Waals surface area contributed by atoms with Crippen LogP contribution in [0.2, 0.25) is 0 Å². The summed E-state index contributed by atoms with van der Waals surface area (Å²) in [5.74, 6) is 0.00456. The van der Waals surface area contributed by atoms with E-state index in [1.807, 2.05) is 13.8 Å². The number of hydrogen-bond acceptors (Lipinski definition) is 5. The monoisotopic (exact) mass is 268 g/mol. The summed E-state index contributed by atoms with van der Waals surface area (Å²) in [5.41, 5.74) is 0. The second kappa shape index (κ2) is 8.85. The highest BCUT2D eigenvalue weighted by atomic mass is 32.2. The maximum Gasteiger partial charge on any atom is 0.267 e. The molecule has 17 heavy (non-hydrogen) atoms. The first-order valence-corrected chi connectivity index (χ1v) is 7.61. The Kier molecular flexibility index (Phi) is 8.77. The van der Waals surface area contributed by atoms with Gasteiger partial charge in [-0.05, 0) is 25.7 Å². The highest BCUT2D eigenvalue weighted by Gasteiger charge is 2.23. The van der Waals surface area contributed by atoms with Gasteiger partial charge in [0.1, 0.15) is 0 Å². The van der Waals surface area contributed by atoms with E-state index in [9.17, 15) is 8.42 Å². The van der Waals surface area contributed by atoms with Gasteiger partial charge >= 0.3 is 0 Å². The van der Waals surface area contributed by atoms with E-state index in [1.165, 1.54) is 7.11 Å². The quantitative estimate of drug-likeness (QED) is 0.713. The number of hydrogen-bond donors (Lipinski definition) is 0. The summed E-state index contributed by atoms with van der Waals surface area (Å²) in [7, 11) is -0.592. The average Bonchev–Trinajstić information content (AvgIpc) is 2.39. The Balaban J connectivity index is 0.00000121. The summed E-state index contributed by atoms with van der Waals surface area (Å²) >= 11 is 0. The minimum atomic E-state index is -3.36. The van der Waals surface area contributed by atoms with Crippen molar-refractivity contribution in [2.24, 2.45) is 0 Å². The molecule has 6 heteroatoms. The fourth-order valence-electron chi connectivity index (χ4n) is 1.61. The minimum Gasteiger partial charge on any atom is -0.356 e. The SMILES string of the molecule is CC.COC1CCCC(CCS(=O)(=O)OC)O1. The van der Waals surface area contributed by atoms with Gasteiger partial charge in [0.25, 0.3) is 10.1 Å². The van der Waals surface area contributed by atoms with E-state index in [4.69, 9.17) is 9.47 Å². The zero-order chi connectivity index (χ0) is 13.3. The largest absolute Gasteiger partial charge is 0.356 e. The molecule has 1 saturated heterocycles. The van der Waals surface area contributed by atoms with E-state index < -0.39 is 10.1 Å². The maximum atomic E-state index is 11.1. The Morgan fingerprint density at radius 1 is 1.24 bits per heavy atom. The van der Waals surface area contributed by atoms with Crippen LogP contribution in [-0.4, -0.2) is 40.8 Å². The molecule has 1 fully saturated rings. The molecule has 1 heterocycles. The van der Waals surface area contributed by atoms with Gasteiger partial charge < -0.3 is 9.47 Å². The molecule has 0 amide bonds. The van der Waals surface area contributed by atoms with Crippen molar-refractivity contribution < 1.29 is 22.1 Å². The molecular formula is C11H24O5S. The molecule has 0 spiro atoms. The van der Waals surface area contributed by atoms with Crippen molar-refractivity contribution in [1.29, 1.82) is 0 Å². The second-order valence-corrected chi connectivity index (χ2v) is 5.43. The van der Waals surface area contributed by atoms with Crippen LogP contribution in [-0.2, 0) is 23.8 Å². The molecular weight excluding hydrogens is 244 g/mol. The summed E-state index contributed by atoms with van der Waals surface area (Å²) in [6.07, 6.45) is 3.03. The first-order chi connectivity index (χ1) is 8.07. The second-order valence-electron chi connectivity index (χ2n) is 3.57. The number of ether oxygens (including phenoxy) is 2. The maximum absolute atomic E-state index is 11.1.